The van der Waals surface area contributed by atoms with Crippen molar-refractivity contribution in [2.24, 2.45) is 0 Å². The number of nitrogens with one attached hydrogen (secondary N) is 2. The van der Waals surface area contributed by atoms with Crippen LogP contribution in [0.5, 0.6) is 0 Å². The Labute approximate surface area is 199 Å². The van der Waals surface area contributed by atoms with Crippen molar-refractivity contribution in [3.8, 4) is 0 Å². The standard InChI is InChI=1S/C24H22N2O7S/c1-3-31-24(30)20-15(2)21(22(29)25-16-8-5-4-6-9-16)34-23(20)26-18(27)14-33-19(28)12-11-17-10-7-13-32-17/h4-13H,3,14H2,1-2H3,(H,25,29)(H,26,27)/b12-11+. The molecule has 0 aliphatic carbocycles. The smallest absolute Gasteiger partial charge is 0.341 e. The van der Waals surface area contributed by atoms with Gasteiger partial charge in [-0.2, -0.15) is 0 Å². The van der Waals surface area contributed by atoms with Crippen LogP contribution in [0.4, 0.5) is 10.7 Å². The highest BCUT2D eigenvalue weighted by Crippen LogP contribution is 2.34. The van der Waals surface area contributed by atoms with Crippen molar-refractivity contribution >= 4 is 51.9 Å². The lowest BCUT2D eigenvalue weighted by Crippen LogP contribution is -2.21. The number of amides is 2. The Hall–Kier alpha value is -4.18. The first-order chi connectivity index (χ1) is 16.4. The van der Waals surface area contributed by atoms with Gasteiger partial charge in [0.2, 0.25) is 0 Å². The van der Waals surface area contributed by atoms with E-state index in [0.717, 1.165) is 17.4 Å². The van der Waals surface area contributed by atoms with Crippen molar-refractivity contribution in [3.05, 3.63) is 76.6 Å². The molecule has 2 amide bonds. The third-order valence-corrected chi connectivity index (χ3v) is 5.60. The van der Waals surface area contributed by atoms with E-state index in [1.165, 1.54) is 12.3 Å². The molecular formula is C24H22N2O7S. The molecule has 0 bridgehead atoms. The molecule has 0 fully saturated rings. The first-order valence-electron chi connectivity index (χ1n) is 10.2. The minimum absolute atomic E-state index is 0.0717. The van der Waals surface area contributed by atoms with Crippen molar-refractivity contribution in [3.63, 3.8) is 0 Å². The Bertz CT molecular complexity index is 1200. The quantitative estimate of drug-likeness (QED) is 0.345. The van der Waals surface area contributed by atoms with Crippen molar-refractivity contribution in [1.82, 2.24) is 0 Å². The summed E-state index contributed by atoms with van der Waals surface area (Å²) in [5, 5.41) is 5.41. The Balaban J connectivity index is 1.71. The van der Waals surface area contributed by atoms with Gasteiger partial charge in [-0.25, -0.2) is 9.59 Å². The number of rotatable bonds is 9. The molecule has 0 unspecified atom stereocenters. The Morgan fingerprint density at radius 2 is 1.79 bits per heavy atom. The van der Waals surface area contributed by atoms with Crippen molar-refractivity contribution in [2.45, 2.75) is 13.8 Å². The molecule has 0 radical (unpaired) electrons. The maximum Gasteiger partial charge on any atom is 0.341 e. The number of carbonyl (C=O) groups is 4. The summed E-state index contributed by atoms with van der Waals surface area (Å²) in [6, 6.07) is 12.1. The zero-order valence-electron chi connectivity index (χ0n) is 18.5. The van der Waals surface area contributed by atoms with Crippen LogP contribution in [0.1, 0.15) is 38.3 Å². The van der Waals surface area contributed by atoms with Crippen LogP contribution in [0, 0.1) is 6.92 Å². The molecule has 176 valence electrons. The molecule has 2 N–H and O–H groups in total. The number of carbonyl (C=O) groups excluding carboxylic acids is 4. The van der Waals surface area contributed by atoms with Crippen LogP contribution >= 0.6 is 11.3 Å². The summed E-state index contributed by atoms with van der Waals surface area (Å²) in [4.78, 5) is 49.8. The number of thiophene rings is 1. The fourth-order valence-electron chi connectivity index (χ4n) is 2.86. The minimum Gasteiger partial charge on any atom is -0.465 e. The average Bonchev–Trinajstić information content (AvgIpc) is 3.45. The molecule has 34 heavy (non-hydrogen) atoms. The third-order valence-electron chi connectivity index (χ3n) is 4.39. The molecule has 0 saturated heterocycles. The highest BCUT2D eigenvalue weighted by molar-refractivity contribution is 7.19. The van der Waals surface area contributed by atoms with E-state index in [1.54, 1.807) is 50.2 Å². The van der Waals surface area contributed by atoms with Gasteiger partial charge in [0.25, 0.3) is 11.8 Å². The summed E-state index contributed by atoms with van der Waals surface area (Å²) >= 11 is 0.927. The lowest BCUT2D eigenvalue weighted by atomic mass is 10.1. The number of anilines is 2. The monoisotopic (exact) mass is 482 g/mol. The number of benzene rings is 1. The van der Waals surface area contributed by atoms with Gasteiger partial charge < -0.3 is 24.5 Å². The molecule has 3 rings (SSSR count). The van der Waals surface area contributed by atoms with Crippen LogP contribution in [0.15, 0.2) is 59.2 Å². The van der Waals surface area contributed by atoms with Gasteiger partial charge >= 0.3 is 11.9 Å². The molecule has 0 atom stereocenters. The van der Waals surface area contributed by atoms with Crippen molar-refractivity contribution in [2.75, 3.05) is 23.8 Å². The second-order valence-electron chi connectivity index (χ2n) is 6.81. The third kappa shape index (κ3) is 6.42. The summed E-state index contributed by atoms with van der Waals surface area (Å²) in [5.74, 6) is -2.09. The molecule has 9 nitrogen and oxygen atoms in total. The van der Waals surface area contributed by atoms with Crippen LogP contribution in [-0.2, 0) is 19.1 Å². The zero-order valence-corrected chi connectivity index (χ0v) is 19.3. The molecule has 0 aliphatic rings. The maximum atomic E-state index is 12.8. The van der Waals surface area contributed by atoms with E-state index in [0.29, 0.717) is 17.0 Å². The van der Waals surface area contributed by atoms with Crippen LogP contribution < -0.4 is 10.6 Å². The van der Waals surface area contributed by atoms with E-state index in [-0.39, 0.29) is 22.0 Å². The molecule has 1 aromatic carbocycles. The van der Waals surface area contributed by atoms with Crippen molar-refractivity contribution < 1.29 is 33.1 Å². The summed E-state index contributed by atoms with van der Waals surface area (Å²) in [6.45, 7) is 2.77. The summed E-state index contributed by atoms with van der Waals surface area (Å²) in [7, 11) is 0. The largest absolute Gasteiger partial charge is 0.465 e. The van der Waals surface area contributed by atoms with E-state index in [2.05, 4.69) is 10.6 Å². The van der Waals surface area contributed by atoms with Gasteiger partial charge in [0, 0.05) is 11.8 Å². The van der Waals surface area contributed by atoms with Crippen LogP contribution in [0.2, 0.25) is 0 Å². The van der Waals surface area contributed by atoms with Gasteiger partial charge in [0.05, 0.1) is 23.3 Å². The molecular weight excluding hydrogens is 460 g/mol. The van der Waals surface area contributed by atoms with E-state index in [9.17, 15) is 19.2 Å². The SMILES string of the molecule is CCOC(=O)c1c(NC(=O)COC(=O)/C=C/c2ccco2)sc(C(=O)Nc2ccccc2)c1C. The van der Waals surface area contributed by atoms with Gasteiger partial charge in [0.1, 0.15) is 10.8 Å². The molecule has 0 spiro atoms. The number of hydrogen-bond donors (Lipinski definition) is 2. The number of ether oxygens (including phenoxy) is 2. The summed E-state index contributed by atoms with van der Waals surface area (Å²) in [5.41, 5.74) is 1.02. The number of hydrogen-bond acceptors (Lipinski definition) is 8. The second-order valence-corrected chi connectivity index (χ2v) is 7.83. The van der Waals surface area contributed by atoms with Gasteiger partial charge in [0.15, 0.2) is 6.61 Å². The van der Waals surface area contributed by atoms with Crippen molar-refractivity contribution in [1.29, 1.82) is 0 Å². The van der Waals surface area contributed by atoms with Gasteiger partial charge in [-0.1, -0.05) is 18.2 Å². The Morgan fingerprint density at radius 3 is 2.47 bits per heavy atom. The van der Waals surface area contributed by atoms with E-state index >= 15 is 0 Å². The van der Waals surface area contributed by atoms with E-state index in [1.807, 2.05) is 6.07 Å². The Kier molecular flexibility index (Phi) is 8.36. The summed E-state index contributed by atoms with van der Waals surface area (Å²) in [6.07, 6.45) is 3.98. The van der Waals surface area contributed by atoms with Gasteiger partial charge in [-0.05, 0) is 49.8 Å². The van der Waals surface area contributed by atoms with Gasteiger partial charge in [-0.3, -0.25) is 9.59 Å². The maximum absolute atomic E-state index is 12.8. The lowest BCUT2D eigenvalue weighted by Gasteiger charge is -2.07. The lowest BCUT2D eigenvalue weighted by molar-refractivity contribution is -0.142. The number of furan rings is 1. The zero-order chi connectivity index (χ0) is 24.5. The molecule has 0 aliphatic heterocycles. The normalized spacial score (nSPS) is 10.6. The average molecular weight is 483 g/mol. The molecule has 2 heterocycles. The molecule has 2 aromatic heterocycles. The first kappa shape index (κ1) is 24.5. The molecule has 3 aromatic rings. The first-order valence-corrected chi connectivity index (χ1v) is 11.1. The Morgan fingerprint density at radius 1 is 1.03 bits per heavy atom. The number of para-hydroxylation sites is 1. The topological polar surface area (TPSA) is 124 Å². The predicted molar refractivity (Wildman–Crippen MR) is 127 cm³/mol. The van der Waals surface area contributed by atoms with E-state index in [4.69, 9.17) is 13.9 Å². The highest BCUT2D eigenvalue weighted by atomic mass is 32.1. The fraction of sp³-hybridized carbons (Fsp3) is 0.167. The number of esters is 2. The van der Waals surface area contributed by atoms with E-state index < -0.39 is 30.4 Å². The fourth-order valence-corrected chi connectivity index (χ4v) is 3.97. The highest BCUT2D eigenvalue weighted by Gasteiger charge is 2.27. The van der Waals surface area contributed by atoms with Crippen LogP contribution in [-0.4, -0.2) is 37.0 Å². The van der Waals surface area contributed by atoms with Crippen LogP contribution in [0.25, 0.3) is 6.08 Å². The van der Waals surface area contributed by atoms with Gasteiger partial charge in [-0.15, -0.1) is 11.3 Å². The predicted octanol–water partition coefficient (Wildman–Crippen LogP) is 4.27. The molecule has 10 heteroatoms. The molecule has 0 saturated carbocycles. The minimum atomic E-state index is -0.748. The van der Waals surface area contributed by atoms with Crippen LogP contribution in [0.3, 0.4) is 0 Å². The summed E-state index contributed by atoms with van der Waals surface area (Å²) < 4.78 is 15.1. The second kappa shape index (κ2) is 11.6.